The molecule has 1 amide bonds. The highest BCUT2D eigenvalue weighted by Gasteiger charge is 2.28. The Kier molecular flexibility index (Phi) is 5.24. The van der Waals surface area contributed by atoms with Crippen molar-refractivity contribution in [2.75, 3.05) is 12.0 Å². The van der Waals surface area contributed by atoms with Gasteiger partial charge in [-0.2, -0.15) is 11.8 Å². The van der Waals surface area contributed by atoms with Gasteiger partial charge in [0.05, 0.1) is 6.04 Å². The van der Waals surface area contributed by atoms with Gasteiger partial charge in [0.2, 0.25) is 5.91 Å². The lowest BCUT2D eigenvalue weighted by Crippen LogP contribution is -2.45. The molecule has 3 N–H and O–H groups in total. The summed E-state index contributed by atoms with van der Waals surface area (Å²) in [5.41, 5.74) is 7.27. The zero-order valence-electron chi connectivity index (χ0n) is 11.3. The normalized spacial score (nSPS) is 24.1. The number of carbonyl (C=O) groups is 1. The van der Waals surface area contributed by atoms with Gasteiger partial charge in [0.1, 0.15) is 6.04 Å². The Labute approximate surface area is 118 Å². The molecule has 1 aliphatic rings. The van der Waals surface area contributed by atoms with Gasteiger partial charge in [0, 0.05) is 11.8 Å². The predicted octanol–water partition coefficient (Wildman–Crippen LogP) is 1.46. The van der Waals surface area contributed by atoms with Gasteiger partial charge in [-0.1, -0.05) is 30.3 Å². The minimum absolute atomic E-state index is 0.0692. The Morgan fingerprint density at radius 2 is 2.16 bits per heavy atom. The van der Waals surface area contributed by atoms with Gasteiger partial charge in [-0.25, -0.2) is 5.43 Å². The molecule has 0 aliphatic carbocycles. The van der Waals surface area contributed by atoms with E-state index in [0.717, 1.165) is 17.7 Å². The molecular weight excluding hydrogens is 258 g/mol. The van der Waals surface area contributed by atoms with Crippen molar-refractivity contribution < 1.29 is 4.79 Å². The maximum atomic E-state index is 12.2. The van der Waals surface area contributed by atoms with E-state index in [9.17, 15) is 4.79 Å². The molecule has 0 saturated carbocycles. The lowest BCUT2D eigenvalue weighted by atomic mass is 10.1. The molecular formula is C14H21N3OS. The molecule has 2 rings (SSSR count). The molecule has 104 valence electrons. The minimum atomic E-state index is -0.136. The number of hydrazine groups is 1. The number of nitrogens with one attached hydrogen (secondary N) is 3. The Bertz CT molecular complexity index is 412. The number of hydrogen-bond acceptors (Lipinski definition) is 4. The third-order valence-electron chi connectivity index (χ3n) is 3.26. The SMILES string of the molecule is CSCC(NC(=O)C1CC(C)NN1)c1ccccc1. The first-order valence-electron chi connectivity index (χ1n) is 6.56. The summed E-state index contributed by atoms with van der Waals surface area (Å²) in [6, 6.07) is 10.4. The van der Waals surface area contributed by atoms with Crippen molar-refractivity contribution in [1.29, 1.82) is 0 Å². The molecule has 1 aromatic rings. The zero-order chi connectivity index (χ0) is 13.7. The van der Waals surface area contributed by atoms with Crippen molar-refractivity contribution in [3.05, 3.63) is 35.9 Å². The van der Waals surface area contributed by atoms with Crippen molar-refractivity contribution in [3.63, 3.8) is 0 Å². The standard InChI is InChI=1S/C14H21N3OS/c1-10-8-12(17-16-10)14(18)15-13(9-19-2)11-6-4-3-5-7-11/h3-7,10,12-13,16-17H,8-9H2,1-2H3,(H,15,18). The number of benzene rings is 1. The van der Waals surface area contributed by atoms with Crippen molar-refractivity contribution >= 4 is 17.7 Å². The fraction of sp³-hybridized carbons (Fsp3) is 0.500. The van der Waals surface area contributed by atoms with E-state index in [1.54, 1.807) is 11.8 Å². The maximum Gasteiger partial charge on any atom is 0.239 e. The fourth-order valence-electron chi connectivity index (χ4n) is 2.23. The summed E-state index contributed by atoms with van der Waals surface area (Å²) in [7, 11) is 0. The Morgan fingerprint density at radius 3 is 2.74 bits per heavy atom. The highest BCUT2D eigenvalue weighted by molar-refractivity contribution is 7.98. The third-order valence-corrected chi connectivity index (χ3v) is 3.93. The van der Waals surface area contributed by atoms with Gasteiger partial charge in [-0.3, -0.25) is 10.2 Å². The molecule has 0 aromatic heterocycles. The first-order chi connectivity index (χ1) is 9.20. The quantitative estimate of drug-likeness (QED) is 0.764. The van der Waals surface area contributed by atoms with E-state index in [1.807, 2.05) is 18.2 Å². The molecule has 5 heteroatoms. The first kappa shape index (κ1) is 14.4. The molecule has 0 bridgehead atoms. The Balaban J connectivity index is 1.99. The average Bonchev–Trinajstić information content (AvgIpc) is 2.86. The van der Waals surface area contributed by atoms with Gasteiger partial charge >= 0.3 is 0 Å². The lowest BCUT2D eigenvalue weighted by Gasteiger charge is -2.20. The number of thioether (sulfide) groups is 1. The molecule has 19 heavy (non-hydrogen) atoms. The Hall–Kier alpha value is -1.04. The van der Waals surface area contributed by atoms with Crippen LogP contribution in [-0.2, 0) is 4.79 Å². The third kappa shape index (κ3) is 3.96. The molecule has 3 atom stereocenters. The van der Waals surface area contributed by atoms with Gasteiger partial charge in [-0.05, 0) is 25.2 Å². The van der Waals surface area contributed by atoms with Gasteiger partial charge in [0.25, 0.3) is 0 Å². The smallest absolute Gasteiger partial charge is 0.239 e. The van der Waals surface area contributed by atoms with Crippen LogP contribution in [0.5, 0.6) is 0 Å². The second kappa shape index (κ2) is 6.93. The maximum absolute atomic E-state index is 12.2. The van der Waals surface area contributed by atoms with Crippen LogP contribution in [0.25, 0.3) is 0 Å². The van der Waals surface area contributed by atoms with Gasteiger partial charge < -0.3 is 5.32 Å². The number of carbonyl (C=O) groups excluding carboxylic acids is 1. The van der Waals surface area contributed by atoms with Crippen LogP contribution in [0.3, 0.4) is 0 Å². The van der Waals surface area contributed by atoms with Crippen LogP contribution in [0, 0.1) is 0 Å². The van der Waals surface area contributed by atoms with Crippen LogP contribution in [0.4, 0.5) is 0 Å². The van der Waals surface area contributed by atoms with Crippen molar-refractivity contribution in [2.45, 2.75) is 31.5 Å². The summed E-state index contributed by atoms with van der Waals surface area (Å²) in [6.45, 7) is 2.07. The molecule has 1 saturated heterocycles. The highest BCUT2D eigenvalue weighted by Crippen LogP contribution is 2.17. The molecule has 0 spiro atoms. The lowest BCUT2D eigenvalue weighted by molar-refractivity contribution is -0.123. The molecule has 1 aliphatic heterocycles. The van der Waals surface area contributed by atoms with Crippen LogP contribution in [0.2, 0.25) is 0 Å². The summed E-state index contributed by atoms with van der Waals surface area (Å²) in [4.78, 5) is 12.2. The highest BCUT2D eigenvalue weighted by atomic mass is 32.2. The van der Waals surface area contributed by atoms with Gasteiger partial charge in [-0.15, -0.1) is 0 Å². The van der Waals surface area contributed by atoms with E-state index in [0.29, 0.717) is 6.04 Å². The van der Waals surface area contributed by atoms with Gasteiger partial charge in [0.15, 0.2) is 0 Å². The van der Waals surface area contributed by atoms with Crippen LogP contribution >= 0.6 is 11.8 Å². The van der Waals surface area contributed by atoms with E-state index >= 15 is 0 Å². The minimum Gasteiger partial charge on any atom is -0.347 e. The number of hydrogen-bond donors (Lipinski definition) is 3. The molecule has 1 fully saturated rings. The van der Waals surface area contributed by atoms with E-state index in [2.05, 4.69) is 41.5 Å². The van der Waals surface area contributed by atoms with Crippen molar-refractivity contribution in [3.8, 4) is 0 Å². The largest absolute Gasteiger partial charge is 0.347 e. The summed E-state index contributed by atoms with van der Waals surface area (Å²) < 4.78 is 0. The van der Waals surface area contributed by atoms with E-state index in [1.165, 1.54) is 0 Å². The summed E-state index contributed by atoms with van der Waals surface area (Å²) in [5.74, 6) is 0.950. The summed E-state index contributed by atoms with van der Waals surface area (Å²) >= 11 is 1.74. The van der Waals surface area contributed by atoms with Crippen LogP contribution in [0.1, 0.15) is 24.9 Å². The van der Waals surface area contributed by atoms with Crippen LogP contribution < -0.4 is 16.2 Å². The predicted molar refractivity (Wildman–Crippen MR) is 79.8 cm³/mol. The second-order valence-corrected chi connectivity index (χ2v) is 5.82. The van der Waals surface area contributed by atoms with Crippen LogP contribution in [-0.4, -0.2) is 30.0 Å². The van der Waals surface area contributed by atoms with Crippen molar-refractivity contribution in [2.24, 2.45) is 0 Å². The fourth-order valence-corrected chi connectivity index (χ4v) is 2.84. The molecule has 0 radical (unpaired) electrons. The van der Waals surface area contributed by atoms with E-state index < -0.39 is 0 Å². The Morgan fingerprint density at radius 1 is 1.42 bits per heavy atom. The summed E-state index contributed by atoms with van der Waals surface area (Å²) in [6.07, 6.45) is 2.88. The number of amides is 1. The average molecular weight is 279 g/mol. The molecule has 1 aromatic carbocycles. The summed E-state index contributed by atoms with van der Waals surface area (Å²) in [5, 5.41) is 3.13. The first-order valence-corrected chi connectivity index (χ1v) is 7.95. The molecule has 3 unspecified atom stereocenters. The second-order valence-electron chi connectivity index (χ2n) is 4.91. The monoisotopic (exact) mass is 279 g/mol. The molecule has 4 nitrogen and oxygen atoms in total. The number of rotatable bonds is 5. The van der Waals surface area contributed by atoms with Crippen molar-refractivity contribution in [1.82, 2.24) is 16.2 Å². The van der Waals surface area contributed by atoms with E-state index in [4.69, 9.17) is 0 Å². The molecule has 1 heterocycles. The topological polar surface area (TPSA) is 53.2 Å². The van der Waals surface area contributed by atoms with Crippen LogP contribution in [0.15, 0.2) is 30.3 Å². The van der Waals surface area contributed by atoms with E-state index in [-0.39, 0.29) is 18.0 Å². The zero-order valence-corrected chi connectivity index (χ0v) is 12.2.